The molecule has 1 fully saturated rings. The lowest BCUT2D eigenvalue weighted by Crippen LogP contribution is -2.21. The number of carbonyl (C=O) groups excluding carboxylic acids is 1. The van der Waals surface area contributed by atoms with E-state index in [1.54, 1.807) is 10.9 Å². The van der Waals surface area contributed by atoms with Gasteiger partial charge in [-0.15, -0.1) is 0 Å². The van der Waals surface area contributed by atoms with Crippen molar-refractivity contribution in [1.29, 1.82) is 0 Å². The zero-order chi connectivity index (χ0) is 17.4. The van der Waals surface area contributed by atoms with Gasteiger partial charge in [-0.1, -0.05) is 12.1 Å². The zero-order valence-electron chi connectivity index (χ0n) is 14.5. The smallest absolute Gasteiger partial charge is 0.257 e. The summed E-state index contributed by atoms with van der Waals surface area (Å²) in [5.41, 5.74) is 4.13. The number of carbonyl (C=O) groups is 1. The highest BCUT2D eigenvalue weighted by Gasteiger charge is 2.18. The van der Waals surface area contributed by atoms with Crippen LogP contribution >= 0.6 is 0 Å². The Hall–Kier alpha value is -2.89. The molecule has 0 unspecified atom stereocenters. The molecule has 0 spiro atoms. The SMILES string of the molecule is Cc1nn(C)c2ncc(C(=O)Nc3ccccc3N3CCCC3)cc12. The lowest BCUT2D eigenvalue weighted by Gasteiger charge is -2.21. The van der Waals surface area contributed by atoms with E-state index >= 15 is 0 Å². The summed E-state index contributed by atoms with van der Waals surface area (Å²) in [6.45, 7) is 4.00. The minimum Gasteiger partial charge on any atom is -0.370 e. The minimum atomic E-state index is -0.149. The summed E-state index contributed by atoms with van der Waals surface area (Å²) < 4.78 is 1.73. The zero-order valence-corrected chi connectivity index (χ0v) is 14.5. The molecule has 0 atom stereocenters. The molecule has 25 heavy (non-hydrogen) atoms. The second-order valence-electron chi connectivity index (χ2n) is 6.47. The molecule has 4 rings (SSSR count). The molecule has 1 N–H and O–H groups in total. The van der Waals surface area contributed by atoms with E-state index in [1.807, 2.05) is 38.2 Å². The second kappa shape index (κ2) is 6.20. The van der Waals surface area contributed by atoms with Crippen LogP contribution in [0.15, 0.2) is 36.5 Å². The summed E-state index contributed by atoms with van der Waals surface area (Å²) in [5, 5.41) is 8.31. The largest absolute Gasteiger partial charge is 0.370 e. The van der Waals surface area contributed by atoms with Crippen LogP contribution in [-0.4, -0.2) is 33.8 Å². The van der Waals surface area contributed by atoms with E-state index in [9.17, 15) is 4.79 Å². The van der Waals surface area contributed by atoms with Crippen LogP contribution in [0.4, 0.5) is 11.4 Å². The number of aryl methyl sites for hydroxylation is 2. The van der Waals surface area contributed by atoms with Crippen LogP contribution < -0.4 is 10.2 Å². The van der Waals surface area contributed by atoms with Gasteiger partial charge in [0.15, 0.2) is 5.65 Å². The lowest BCUT2D eigenvalue weighted by molar-refractivity contribution is 0.102. The molecule has 0 radical (unpaired) electrons. The van der Waals surface area contributed by atoms with Crippen LogP contribution in [0, 0.1) is 6.92 Å². The molecule has 0 saturated carbocycles. The fourth-order valence-corrected chi connectivity index (χ4v) is 3.44. The average Bonchev–Trinajstić information content (AvgIpc) is 3.24. The van der Waals surface area contributed by atoms with Crippen molar-refractivity contribution >= 4 is 28.3 Å². The van der Waals surface area contributed by atoms with Gasteiger partial charge in [0.05, 0.1) is 22.6 Å². The molecule has 0 bridgehead atoms. The van der Waals surface area contributed by atoms with Gasteiger partial charge in [0.25, 0.3) is 5.91 Å². The number of pyridine rings is 1. The number of hydrogen-bond donors (Lipinski definition) is 1. The lowest BCUT2D eigenvalue weighted by atomic mass is 10.2. The Bertz CT molecular complexity index is 940. The van der Waals surface area contributed by atoms with Crippen LogP contribution in [0.3, 0.4) is 0 Å². The second-order valence-corrected chi connectivity index (χ2v) is 6.47. The first-order chi connectivity index (χ1) is 12.1. The summed E-state index contributed by atoms with van der Waals surface area (Å²) >= 11 is 0. The fraction of sp³-hybridized carbons (Fsp3) is 0.316. The Kier molecular flexibility index (Phi) is 3.87. The minimum absolute atomic E-state index is 0.149. The van der Waals surface area contributed by atoms with Crippen LogP contribution in [0.25, 0.3) is 11.0 Å². The molecular formula is C19H21N5O. The summed E-state index contributed by atoms with van der Waals surface area (Å²) in [7, 11) is 1.86. The van der Waals surface area contributed by atoms with Crippen molar-refractivity contribution in [2.24, 2.45) is 7.05 Å². The number of benzene rings is 1. The first kappa shape index (κ1) is 15.6. The van der Waals surface area contributed by atoms with Crippen LogP contribution in [-0.2, 0) is 7.05 Å². The number of aromatic nitrogens is 3. The summed E-state index contributed by atoms with van der Waals surface area (Å²) in [6.07, 6.45) is 4.00. The van der Waals surface area contributed by atoms with Gasteiger partial charge in [-0.3, -0.25) is 9.48 Å². The summed E-state index contributed by atoms with van der Waals surface area (Å²) in [5.74, 6) is -0.149. The van der Waals surface area contributed by atoms with E-state index in [0.717, 1.165) is 41.2 Å². The van der Waals surface area contributed by atoms with E-state index in [-0.39, 0.29) is 5.91 Å². The van der Waals surface area contributed by atoms with Crippen molar-refractivity contribution < 1.29 is 4.79 Å². The monoisotopic (exact) mass is 335 g/mol. The van der Waals surface area contributed by atoms with Gasteiger partial charge < -0.3 is 10.2 Å². The first-order valence-corrected chi connectivity index (χ1v) is 8.58. The Balaban J connectivity index is 1.63. The molecule has 2 aromatic heterocycles. The van der Waals surface area contributed by atoms with Crippen molar-refractivity contribution in [1.82, 2.24) is 14.8 Å². The topological polar surface area (TPSA) is 63.1 Å². The van der Waals surface area contributed by atoms with Gasteiger partial charge in [-0.25, -0.2) is 4.98 Å². The number of nitrogens with one attached hydrogen (secondary N) is 1. The normalized spacial score (nSPS) is 14.2. The third-order valence-corrected chi connectivity index (χ3v) is 4.72. The van der Waals surface area contributed by atoms with Gasteiger partial charge in [0.2, 0.25) is 0 Å². The van der Waals surface area contributed by atoms with Gasteiger partial charge in [-0.05, 0) is 38.0 Å². The Morgan fingerprint density at radius 1 is 1.20 bits per heavy atom. The van der Waals surface area contributed by atoms with Crippen molar-refractivity contribution in [2.45, 2.75) is 19.8 Å². The molecule has 128 valence electrons. The van der Waals surface area contributed by atoms with Crippen molar-refractivity contribution in [2.75, 3.05) is 23.3 Å². The predicted molar refractivity (Wildman–Crippen MR) is 99.1 cm³/mol. The quantitative estimate of drug-likeness (QED) is 0.799. The Labute approximate surface area is 146 Å². The van der Waals surface area contributed by atoms with Crippen molar-refractivity contribution in [3.63, 3.8) is 0 Å². The number of hydrogen-bond acceptors (Lipinski definition) is 4. The van der Waals surface area contributed by atoms with Gasteiger partial charge >= 0.3 is 0 Å². The highest BCUT2D eigenvalue weighted by Crippen LogP contribution is 2.29. The highest BCUT2D eigenvalue weighted by atomic mass is 16.1. The molecular weight excluding hydrogens is 314 g/mol. The number of nitrogens with zero attached hydrogens (tertiary/aromatic N) is 4. The molecule has 1 aliphatic heterocycles. The fourth-order valence-electron chi connectivity index (χ4n) is 3.44. The standard InChI is InChI=1S/C19H21N5O/c1-13-15-11-14(12-20-18(15)23(2)22-13)19(25)21-16-7-3-4-8-17(16)24-9-5-6-10-24/h3-4,7-8,11-12H,5-6,9-10H2,1-2H3,(H,21,25). The van der Waals surface area contributed by atoms with E-state index in [2.05, 4.69) is 26.4 Å². The van der Waals surface area contributed by atoms with Crippen LogP contribution in [0.2, 0.25) is 0 Å². The summed E-state index contributed by atoms with van der Waals surface area (Å²) in [6, 6.07) is 9.83. The van der Waals surface area contributed by atoms with Gasteiger partial charge in [-0.2, -0.15) is 5.10 Å². The van der Waals surface area contributed by atoms with Crippen LogP contribution in [0.1, 0.15) is 28.9 Å². The van der Waals surface area contributed by atoms with Crippen LogP contribution in [0.5, 0.6) is 0 Å². The Morgan fingerprint density at radius 2 is 1.96 bits per heavy atom. The molecule has 3 aromatic rings. The molecule has 1 amide bonds. The first-order valence-electron chi connectivity index (χ1n) is 8.58. The van der Waals surface area contributed by atoms with Crippen molar-refractivity contribution in [3.05, 3.63) is 47.8 Å². The number of anilines is 2. The number of rotatable bonds is 3. The summed E-state index contributed by atoms with van der Waals surface area (Å²) in [4.78, 5) is 19.5. The predicted octanol–water partition coefficient (Wildman–Crippen LogP) is 3.13. The van der Waals surface area contributed by atoms with E-state index in [0.29, 0.717) is 5.56 Å². The Morgan fingerprint density at radius 3 is 2.76 bits per heavy atom. The van der Waals surface area contributed by atoms with E-state index in [4.69, 9.17) is 0 Å². The molecule has 3 heterocycles. The molecule has 1 saturated heterocycles. The molecule has 1 aliphatic rings. The number of para-hydroxylation sites is 2. The maximum atomic E-state index is 12.7. The maximum Gasteiger partial charge on any atom is 0.257 e. The third-order valence-electron chi connectivity index (χ3n) is 4.72. The van der Waals surface area contributed by atoms with E-state index in [1.165, 1.54) is 12.8 Å². The molecule has 0 aliphatic carbocycles. The van der Waals surface area contributed by atoms with Gasteiger partial charge in [0.1, 0.15) is 0 Å². The number of amides is 1. The van der Waals surface area contributed by atoms with Gasteiger partial charge in [0, 0.05) is 31.7 Å². The maximum absolute atomic E-state index is 12.7. The van der Waals surface area contributed by atoms with Crippen molar-refractivity contribution in [3.8, 4) is 0 Å². The average molecular weight is 335 g/mol. The molecule has 6 nitrogen and oxygen atoms in total. The molecule has 6 heteroatoms. The van der Waals surface area contributed by atoms with E-state index < -0.39 is 0 Å². The third kappa shape index (κ3) is 2.84. The highest BCUT2D eigenvalue weighted by molar-refractivity contribution is 6.07. The molecule has 1 aromatic carbocycles. The number of fused-ring (bicyclic) bond motifs is 1.